The summed E-state index contributed by atoms with van der Waals surface area (Å²) in [6.45, 7) is 4.26. The molecule has 0 saturated carbocycles. The molecular weight excluding hydrogens is 332 g/mol. The maximum absolute atomic E-state index is 12.6. The maximum Gasteiger partial charge on any atom is 0.342 e. The van der Waals surface area contributed by atoms with Gasteiger partial charge in [-0.05, 0) is 31.5 Å². The molecule has 1 aliphatic rings. The lowest BCUT2D eigenvalue weighted by Crippen LogP contribution is -2.31. The third kappa shape index (κ3) is 2.94. The molecule has 0 saturated heterocycles. The topological polar surface area (TPSA) is 78.3 Å². The van der Waals surface area contributed by atoms with Gasteiger partial charge in [-0.3, -0.25) is 5.32 Å². The maximum atomic E-state index is 12.6. The zero-order valence-corrected chi connectivity index (χ0v) is 14.1. The van der Waals surface area contributed by atoms with Crippen LogP contribution in [0.2, 0.25) is 5.02 Å². The second-order valence-corrected chi connectivity index (χ2v) is 5.44. The quantitative estimate of drug-likeness (QED) is 0.837. The van der Waals surface area contributed by atoms with Crippen molar-refractivity contribution in [2.45, 2.75) is 19.9 Å². The number of carbonyl (C=O) groups is 1. The Balaban J connectivity index is 2.15. The highest BCUT2D eigenvalue weighted by atomic mass is 35.5. The minimum absolute atomic E-state index is 0.263. The minimum Gasteiger partial charge on any atom is -0.479 e. The van der Waals surface area contributed by atoms with Crippen LogP contribution in [0.4, 0.5) is 5.95 Å². The number of nitrogens with one attached hydrogen (secondary N) is 1. The van der Waals surface area contributed by atoms with Gasteiger partial charge in [-0.15, -0.1) is 0 Å². The van der Waals surface area contributed by atoms with Gasteiger partial charge in [-0.25, -0.2) is 9.48 Å². The molecule has 8 heteroatoms. The summed E-state index contributed by atoms with van der Waals surface area (Å²) in [6, 6.07) is 6.69. The molecule has 126 valence electrons. The van der Waals surface area contributed by atoms with Gasteiger partial charge in [0, 0.05) is 5.02 Å². The third-order valence-electron chi connectivity index (χ3n) is 3.53. The first-order valence-electron chi connectivity index (χ1n) is 7.61. The number of benzene rings is 1. The number of fused-ring (bicyclic) bond motifs is 1. The predicted octanol–water partition coefficient (Wildman–Crippen LogP) is 2.76. The fourth-order valence-corrected chi connectivity index (χ4v) is 2.69. The van der Waals surface area contributed by atoms with Crippen molar-refractivity contribution >= 4 is 23.5 Å². The largest absolute Gasteiger partial charge is 0.479 e. The number of halogens is 1. The highest BCUT2D eigenvalue weighted by molar-refractivity contribution is 6.30. The van der Waals surface area contributed by atoms with E-state index in [-0.39, 0.29) is 6.61 Å². The van der Waals surface area contributed by atoms with Crippen LogP contribution in [0.5, 0.6) is 0 Å². The normalized spacial score (nSPS) is 16.4. The number of rotatable bonds is 5. The van der Waals surface area contributed by atoms with Crippen molar-refractivity contribution in [2.75, 3.05) is 18.5 Å². The summed E-state index contributed by atoms with van der Waals surface area (Å²) < 4.78 is 12.5. The average Bonchev–Trinajstić information content (AvgIpc) is 3.03. The van der Waals surface area contributed by atoms with Crippen molar-refractivity contribution in [3.05, 3.63) is 52.6 Å². The molecule has 0 radical (unpaired) electrons. The monoisotopic (exact) mass is 348 g/mol. The van der Waals surface area contributed by atoms with E-state index in [0.29, 0.717) is 29.0 Å². The summed E-state index contributed by atoms with van der Waals surface area (Å²) in [7, 11) is 0. The van der Waals surface area contributed by atoms with Crippen LogP contribution in [-0.2, 0) is 14.3 Å². The van der Waals surface area contributed by atoms with Crippen LogP contribution in [0, 0.1) is 0 Å². The Hall–Kier alpha value is -2.54. The molecule has 1 aromatic heterocycles. The summed E-state index contributed by atoms with van der Waals surface area (Å²) in [6.07, 6.45) is 1.42. The molecular formula is C16H17ClN4O3. The van der Waals surface area contributed by atoms with Crippen molar-refractivity contribution in [1.29, 1.82) is 0 Å². The van der Waals surface area contributed by atoms with Crippen LogP contribution in [0.15, 0.2) is 42.0 Å². The van der Waals surface area contributed by atoms with Crippen molar-refractivity contribution in [3.8, 4) is 0 Å². The van der Waals surface area contributed by atoms with Crippen molar-refractivity contribution in [2.24, 2.45) is 0 Å². The van der Waals surface area contributed by atoms with E-state index >= 15 is 0 Å². The molecule has 1 N–H and O–H groups in total. The summed E-state index contributed by atoms with van der Waals surface area (Å²) in [4.78, 5) is 16.7. The molecule has 0 aliphatic carbocycles. The molecule has 0 bridgehead atoms. The number of anilines is 1. The highest BCUT2D eigenvalue weighted by Crippen LogP contribution is 2.35. The highest BCUT2D eigenvalue weighted by Gasteiger charge is 2.36. The molecule has 1 aliphatic heterocycles. The first-order valence-corrected chi connectivity index (χ1v) is 7.99. The van der Waals surface area contributed by atoms with Crippen molar-refractivity contribution in [3.63, 3.8) is 0 Å². The van der Waals surface area contributed by atoms with E-state index in [1.165, 1.54) is 6.33 Å². The second-order valence-electron chi connectivity index (χ2n) is 5.00. The number of esters is 1. The molecule has 2 heterocycles. The smallest absolute Gasteiger partial charge is 0.342 e. The Morgan fingerprint density at radius 2 is 2.04 bits per heavy atom. The van der Waals surface area contributed by atoms with Gasteiger partial charge in [0.25, 0.3) is 0 Å². The molecule has 1 atom stereocenters. The lowest BCUT2D eigenvalue weighted by Gasteiger charge is -2.28. The Morgan fingerprint density at radius 1 is 1.29 bits per heavy atom. The lowest BCUT2D eigenvalue weighted by molar-refractivity contribution is -0.139. The van der Waals surface area contributed by atoms with Gasteiger partial charge in [-0.1, -0.05) is 23.7 Å². The standard InChI is InChI=1S/C16H17ClN4O3/c1-3-23-14-12(15(22)24-4-2)13(10-5-7-11(17)8-6-10)21-16(20-14)18-9-19-21/h5-9,13H,3-4H2,1-2H3,(H,18,19,20). The van der Waals surface area contributed by atoms with Crippen LogP contribution in [-0.4, -0.2) is 33.9 Å². The molecule has 0 amide bonds. The van der Waals surface area contributed by atoms with Crippen LogP contribution in [0.25, 0.3) is 0 Å². The number of carbonyl (C=O) groups excluding carboxylic acids is 1. The van der Waals surface area contributed by atoms with Crippen molar-refractivity contribution < 1.29 is 14.3 Å². The summed E-state index contributed by atoms with van der Waals surface area (Å²) >= 11 is 5.98. The van der Waals surface area contributed by atoms with E-state index in [2.05, 4.69) is 15.4 Å². The zero-order valence-electron chi connectivity index (χ0n) is 13.3. The van der Waals surface area contributed by atoms with Crippen molar-refractivity contribution in [1.82, 2.24) is 14.8 Å². The predicted molar refractivity (Wildman–Crippen MR) is 88.5 cm³/mol. The molecule has 2 aromatic rings. The molecule has 1 aromatic carbocycles. The van der Waals surface area contributed by atoms with E-state index in [1.54, 1.807) is 23.7 Å². The Labute approximate surface area is 144 Å². The molecule has 3 rings (SSSR count). The molecule has 24 heavy (non-hydrogen) atoms. The van der Waals surface area contributed by atoms with Gasteiger partial charge in [0.1, 0.15) is 17.9 Å². The fourth-order valence-electron chi connectivity index (χ4n) is 2.57. The number of ether oxygens (including phenoxy) is 2. The fraction of sp³-hybridized carbons (Fsp3) is 0.312. The van der Waals surface area contributed by atoms with Gasteiger partial charge in [0.05, 0.1) is 13.2 Å². The first kappa shape index (κ1) is 16.3. The van der Waals surface area contributed by atoms with E-state index in [4.69, 9.17) is 21.1 Å². The van der Waals surface area contributed by atoms with Gasteiger partial charge in [-0.2, -0.15) is 10.1 Å². The van der Waals surface area contributed by atoms with Crippen LogP contribution >= 0.6 is 11.6 Å². The molecule has 7 nitrogen and oxygen atoms in total. The van der Waals surface area contributed by atoms with E-state index < -0.39 is 12.0 Å². The van der Waals surface area contributed by atoms with Crippen LogP contribution < -0.4 is 5.32 Å². The van der Waals surface area contributed by atoms with E-state index in [9.17, 15) is 4.79 Å². The SMILES string of the molecule is CCOC(=O)C1=C(OCC)Nc2ncnn2C1c1ccc(Cl)cc1. The van der Waals surface area contributed by atoms with Gasteiger partial charge in [0.15, 0.2) is 0 Å². The van der Waals surface area contributed by atoms with Crippen LogP contribution in [0.1, 0.15) is 25.5 Å². The lowest BCUT2D eigenvalue weighted by atomic mass is 9.98. The Kier molecular flexibility index (Phi) is 4.71. The Bertz CT molecular complexity index is 770. The summed E-state index contributed by atoms with van der Waals surface area (Å²) in [5, 5.41) is 7.84. The minimum atomic E-state index is -0.512. The first-order chi connectivity index (χ1) is 11.7. The van der Waals surface area contributed by atoms with Gasteiger partial charge >= 0.3 is 5.97 Å². The van der Waals surface area contributed by atoms with E-state index in [0.717, 1.165) is 5.56 Å². The summed E-state index contributed by atoms with van der Waals surface area (Å²) in [5.41, 5.74) is 1.17. The number of nitrogens with zero attached hydrogens (tertiary/aromatic N) is 3. The molecule has 0 spiro atoms. The number of hydrogen-bond acceptors (Lipinski definition) is 6. The number of hydrogen-bond donors (Lipinski definition) is 1. The average molecular weight is 349 g/mol. The number of aromatic nitrogens is 3. The third-order valence-corrected chi connectivity index (χ3v) is 3.78. The summed E-state index contributed by atoms with van der Waals surface area (Å²) in [5.74, 6) is 0.359. The van der Waals surface area contributed by atoms with Gasteiger partial charge < -0.3 is 9.47 Å². The molecule has 0 fully saturated rings. The van der Waals surface area contributed by atoms with Gasteiger partial charge in [0.2, 0.25) is 11.8 Å². The van der Waals surface area contributed by atoms with E-state index in [1.807, 2.05) is 19.1 Å². The van der Waals surface area contributed by atoms with Crippen LogP contribution in [0.3, 0.4) is 0 Å². The second kappa shape index (κ2) is 6.92. The molecule has 1 unspecified atom stereocenters. The zero-order chi connectivity index (χ0) is 17.1. The Morgan fingerprint density at radius 3 is 2.71 bits per heavy atom.